The van der Waals surface area contributed by atoms with Gasteiger partial charge in [-0.1, -0.05) is 12.1 Å². The second-order valence-corrected chi connectivity index (χ2v) is 4.87. The average molecular weight is 263 g/mol. The van der Waals surface area contributed by atoms with Crippen LogP contribution in [-0.2, 0) is 9.53 Å². The first-order valence-electron chi connectivity index (χ1n) is 6.68. The van der Waals surface area contributed by atoms with E-state index in [9.17, 15) is 4.79 Å². The topological polar surface area (TPSA) is 47.6 Å². The van der Waals surface area contributed by atoms with E-state index in [0.29, 0.717) is 24.9 Å². The standard InChI is InChI=1S/C15H21NO3/c1-18-13-7-5-12(6-8-13)15(11-3-4-11)16-10-9-14(17)19-2/h5-8,11,15-16H,3-4,9-10H2,1-2H3. The highest BCUT2D eigenvalue weighted by Gasteiger charge is 2.31. The highest BCUT2D eigenvalue weighted by molar-refractivity contribution is 5.69. The van der Waals surface area contributed by atoms with Crippen LogP contribution in [0.4, 0.5) is 0 Å². The number of nitrogens with one attached hydrogen (secondary N) is 1. The Hall–Kier alpha value is -1.55. The zero-order chi connectivity index (χ0) is 13.7. The molecular formula is C15H21NO3. The lowest BCUT2D eigenvalue weighted by Crippen LogP contribution is -2.26. The number of hydrogen-bond donors (Lipinski definition) is 1. The van der Waals surface area contributed by atoms with E-state index in [-0.39, 0.29) is 5.97 Å². The minimum Gasteiger partial charge on any atom is -0.497 e. The maximum atomic E-state index is 11.1. The molecule has 1 N–H and O–H groups in total. The van der Waals surface area contributed by atoms with Crippen molar-refractivity contribution in [2.24, 2.45) is 5.92 Å². The van der Waals surface area contributed by atoms with Crippen molar-refractivity contribution in [3.8, 4) is 5.75 Å². The first kappa shape index (κ1) is 13.9. The summed E-state index contributed by atoms with van der Waals surface area (Å²) in [5.41, 5.74) is 1.26. The Balaban J connectivity index is 1.93. The van der Waals surface area contributed by atoms with E-state index < -0.39 is 0 Å². The third-order valence-electron chi connectivity index (χ3n) is 3.49. The Labute approximate surface area is 114 Å². The van der Waals surface area contributed by atoms with Crippen molar-refractivity contribution in [1.82, 2.24) is 5.32 Å². The summed E-state index contributed by atoms with van der Waals surface area (Å²) in [5.74, 6) is 1.38. The van der Waals surface area contributed by atoms with Crippen molar-refractivity contribution < 1.29 is 14.3 Å². The van der Waals surface area contributed by atoms with E-state index in [0.717, 1.165) is 5.75 Å². The van der Waals surface area contributed by atoms with Gasteiger partial charge in [-0.3, -0.25) is 4.79 Å². The lowest BCUT2D eigenvalue weighted by molar-refractivity contribution is -0.140. The fourth-order valence-corrected chi connectivity index (χ4v) is 2.23. The number of benzene rings is 1. The van der Waals surface area contributed by atoms with Crippen molar-refractivity contribution in [3.05, 3.63) is 29.8 Å². The molecule has 0 radical (unpaired) electrons. The first-order chi connectivity index (χ1) is 9.24. The van der Waals surface area contributed by atoms with Crippen LogP contribution in [0.3, 0.4) is 0 Å². The molecule has 1 atom stereocenters. The van der Waals surface area contributed by atoms with E-state index in [2.05, 4.69) is 22.2 Å². The van der Waals surface area contributed by atoms with Gasteiger partial charge in [-0.05, 0) is 36.5 Å². The minimum absolute atomic E-state index is 0.170. The van der Waals surface area contributed by atoms with Crippen LogP contribution in [0.5, 0.6) is 5.75 Å². The van der Waals surface area contributed by atoms with Crippen LogP contribution in [0, 0.1) is 5.92 Å². The molecule has 0 bridgehead atoms. The molecule has 1 saturated carbocycles. The summed E-state index contributed by atoms with van der Waals surface area (Å²) in [6.45, 7) is 0.653. The van der Waals surface area contributed by atoms with Crippen LogP contribution >= 0.6 is 0 Å². The number of carbonyl (C=O) groups is 1. The summed E-state index contributed by atoms with van der Waals surface area (Å²) in [5, 5.41) is 3.46. The number of esters is 1. The summed E-state index contributed by atoms with van der Waals surface area (Å²) in [6, 6.07) is 8.47. The number of rotatable bonds is 7. The summed E-state index contributed by atoms with van der Waals surface area (Å²) in [4.78, 5) is 11.1. The summed E-state index contributed by atoms with van der Waals surface area (Å²) >= 11 is 0. The monoisotopic (exact) mass is 263 g/mol. The predicted octanol–water partition coefficient (Wildman–Crippen LogP) is 2.30. The predicted molar refractivity (Wildman–Crippen MR) is 73.1 cm³/mol. The Morgan fingerprint density at radius 3 is 2.53 bits per heavy atom. The third-order valence-corrected chi connectivity index (χ3v) is 3.49. The van der Waals surface area contributed by atoms with Crippen LogP contribution in [-0.4, -0.2) is 26.7 Å². The molecule has 1 aliphatic carbocycles. The van der Waals surface area contributed by atoms with E-state index in [1.807, 2.05) is 12.1 Å². The summed E-state index contributed by atoms with van der Waals surface area (Å²) < 4.78 is 9.82. The molecule has 4 heteroatoms. The molecular weight excluding hydrogens is 242 g/mol. The third kappa shape index (κ3) is 3.96. The van der Waals surface area contributed by atoms with E-state index in [1.165, 1.54) is 25.5 Å². The van der Waals surface area contributed by atoms with Crippen LogP contribution in [0.2, 0.25) is 0 Å². The molecule has 0 heterocycles. The fourth-order valence-electron chi connectivity index (χ4n) is 2.23. The van der Waals surface area contributed by atoms with Crippen molar-refractivity contribution in [2.75, 3.05) is 20.8 Å². The van der Waals surface area contributed by atoms with Gasteiger partial charge in [0.2, 0.25) is 0 Å². The smallest absolute Gasteiger partial charge is 0.306 e. The molecule has 0 amide bonds. The van der Waals surface area contributed by atoms with Crippen LogP contribution in [0.15, 0.2) is 24.3 Å². The maximum Gasteiger partial charge on any atom is 0.306 e. The van der Waals surface area contributed by atoms with Gasteiger partial charge < -0.3 is 14.8 Å². The van der Waals surface area contributed by atoms with Gasteiger partial charge in [0.25, 0.3) is 0 Å². The van der Waals surface area contributed by atoms with Crippen LogP contribution in [0.1, 0.15) is 30.9 Å². The molecule has 104 valence electrons. The second-order valence-electron chi connectivity index (χ2n) is 4.87. The Bertz CT molecular complexity index is 412. The van der Waals surface area contributed by atoms with Crippen LogP contribution < -0.4 is 10.1 Å². The Morgan fingerprint density at radius 1 is 1.32 bits per heavy atom. The maximum absolute atomic E-state index is 11.1. The molecule has 0 saturated heterocycles. The number of hydrogen-bond acceptors (Lipinski definition) is 4. The molecule has 0 spiro atoms. The average Bonchev–Trinajstić information content (AvgIpc) is 3.28. The molecule has 1 aromatic carbocycles. The molecule has 1 aliphatic rings. The van der Waals surface area contributed by atoms with E-state index in [4.69, 9.17) is 4.74 Å². The molecule has 1 aromatic rings. The highest BCUT2D eigenvalue weighted by Crippen LogP contribution is 2.41. The Morgan fingerprint density at radius 2 is 2.00 bits per heavy atom. The van der Waals surface area contributed by atoms with Crippen LogP contribution in [0.25, 0.3) is 0 Å². The molecule has 1 unspecified atom stereocenters. The van der Waals surface area contributed by atoms with Crippen molar-refractivity contribution in [1.29, 1.82) is 0 Å². The largest absolute Gasteiger partial charge is 0.497 e. The van der Waals surface area contributed by atoms with Gasteiger partial charge in [0, 0.05) is 12.6 Å². The normalized spacial score (nSPS) is 15.9. The van der Waals surface area contributed by atoms with E-state index >= 15 is 0 Å². The van der Waals surface area contributed by atoms with Crippen molar-refractivity contribution in [2.45, 2.75) is 25.3 Å². The van der Waals surface area contributed by atoms with Gasteiger partial charge in [0.1, 0.15) is 5.75 Å². The quantitative estimate of drug-likeness (QED) is 0.767. The zero-order valence-corrected chi connectivity index (χ0v) is 11.5. The first-order valence-corrected chi connectivity index (χ1v) is 6.68. The number of methoxy groups -OCH3 is 2. The molecule has 2 rings (SSSR count). The second kappa shape index (κ2) is 6.57. The van der Waals surface area contributed by atoms with Gasteiger partial charge in [-0.25, -0.2) is 0 Å². The minimum atomic E-state index is -0.170. The van der Waals surface area contributed by atoms with E-state index in [1.54, 1.807) is 7.11 Å². The van der Waals surface area contributed by atoms with Gasteiger partial charge in [-0.15, -0.1) is 0 Å². The molecule has 0 aliphatic heterocycles. The SMILES string of the molecule is COC(=O)CCNC(c1ccc(OC)cc1)C1CC1. The molecule has 19 heavy (non-hydrogen) atoms. The van der Waals surface area contributed by atoms with Gasteiger partial charge in [0.05, 0.1) is 20.6 Å². The molecule has 1 fully saturated rings. The number of carbonyl (C=O) groups excluding carboxylic acids is 1. The zero-order valence-electron chi connectivity index (χ0n) is 11.5. The van der Waals surface area contributed by atoms with Gasteiger partial charge in [-0.2, -0.15) is 0 Å². The lowest BCUT2D eigenvalue weighted by atomic mass is 10.0. The molecule has 4 nitrogen and oxygen atoms in total. The summed E-state index contributed by atoms with van der Waals surface area (Å²) in [6.07, 6.45) is 2.92. The fraction of sp³-hybridized carbons (Fsp3) is 0.533. The van der Waals surface area contributed by atoms with Gasteiger partial charge >= 0.3 is 5.97 Å². The van der Waals surface area contributed by atoms with Crippen molar-refractivity contribution >= 4 is 5.97 Å². The number of ether oxygens (including phenoxy) is 2. The lowest BCUT2D eigenvalue weighted by Gasteiger charge is -2.18. The summed E-state index contributed by atoms with van der Waals surface area (Å²) in [7, 11) is 3.09. The van der Waals surface area contributed by atoms with Gasteiger partial charge in [0.15, 0.2) is 0 Å². The Kier molecular flexibility index (Phi) is 4.80. The molecule has 0 aromatic heterocycles. The van der Waals surface area contributed by atoms with Crippen molar-refractivity contribution in [3.63, 3.8) is 0 Å². The highest BCUT2D eigenvalue weighted by atomic mass is 16.5.